The topological polar surface area (TPSA) is 115 Å². The van der Waals surface area contributed by atoms with Crippen LogP contribution >= 0.6 is 0 Å². The number of rotatable bonds is 4. The van der Waals surface area contributed by atoms with Crippen LogP contribution in [0.4, 0.5) is 0 Å². The Balaban J connectivity index is 0. The van der Waals surface area contributed by atoms with Gasteiger partial charge in [0.2, 0.25) is 0 Å². The normalized spacial score (nSPS) is 19.8. The van der Waals surface area contributed by atoms with Crippen LogP contribution in [0.25, 0.3) is 0 Å². The number of aliphatic carboxylic acids is 2. The first-order valence-electron chi connectivity index (χ1n) is 19.1. The molecule has 46 heavy (non-hydrogen) atoms. The van der Waals surface area contributed by atoms with Crippen molar-refractivity contribution < 1.29 is 30.0 Å². The molecule has 0 unspecified atom stereocenters. The highest BCUT2D eigenvalue weighted by atomic mass is 16.4. The average molecular weight is 653 g/mol. The third kappa shape index (κ3) is 33.7. The zero-order valence-electron chi connectivity index (χ0n) is 30.4. The molecule has 0 spiro atoms. The molecule has 3 rings (SSSR count). The highest BCUT2D eigenvalue weighted by Gasteiger charge is 2.27. The summed E-state index contributed by atoms with van der Waals surface area (Å²) in [4.78, 5) is 19.2. The van der Waals surface area contributed by atoms with Crippen molar-refractivity contribution in [3.05, 3.63) is 24.3 Å². The van der Waals surface area contributed by atoms with Crippen molar-refractivity contribution in [3.8, 4) is 0 Å². The van der Waals surface area contributed by atoms with E-state index in [1.807, 2.05) is 0 Å². The van der Waals surface area contributed by atoms with E-state index in [2.05, 4.69) is 13.2 Å². The van der Waals surface area contributed by atoms with Gasteiger partial charge in [-0.1, -0.05) is 187 Å². The Bertz CT molecular complexity index is 581. The minimum atomic E-state index is -0.935. The number of carbonyl (C=O) groups is 2. The summed E-state index contributed by atoms with van der Waals surface area (Å²) in [6.45, 7) is 9.52. The molecule has 6 heteroatoms. The lowest BCUT2D eigenvalue weighted by Crippen LogP contribution is -2.30. The zero-order valence-corrected chi connectivity index (χ0v) is 30.4. The van der Waals surface area contributed by atoms with E-state index < -0.39 is 11.9 Å². The van der Waals surface area contributed by atoms with Crippen LogP contribution in [0.15, 0.2) is 24.3 Å². The van der Waals surface area contributed by atoms with Crippen molar-refractivity contribution in [2.45, 2.75) is 200 Å². The first-order chi connectivity index (χ1) is 22.1. The molecule has 272 valence electrons. The number of carboxylic acid groups (broad SMARTS) is 2. The Hall–Kier alpha value is -1.66. The van der Waals surface area contributed by atoms with E-state index in [9.17, 15) is 19.8 Å². The molecule has 0 aromatic carbocycles. The SMILES string of the molecule is C1CCCCCCCCC1.C1CCCCCCCCC1.C=C(C)C(=O)O.C=C(C)C(=O)O.OCC1(CO)CCCCCCCCC1. The summed E-state index contributed by atoms with van der Waals surface area (Å²) in [7, 11) is 0. The van der Waals surface area contributed by atoms with Crippen LogP contribution in [0.1, 0.15) is 200 Å². The monoisotopic (exact) mass is 653 g/mol. The van der Waals surface area contributed by atoms with Gasteiger partial charge in [0.1, 0.15) is 0 Å². The maximum atomic E-state index is 9.60. The van der Waals surface area contributed by atoms with Crippen LogP contribution < -0.4 is 0 Å². The van der Waals surface area contributed by atoms with Crippen molar-refractivity contribution >= 4 is 11.9 Å². The molecule has 0 aromatic rings. The van der Waals surface area contributed by atoms with Gasteiger partial charge < -0.3 is 20.4 Å². The summed E-state index contributed by atoms with van der Waals surface area (Å²) in [5, 5.41) is 34.5. The van der Waals surface area contributed by atoms with Crippen molar-refractivity contribution in [3.63, 3.8) is 0 Å². The highest BCUT2D eigenvalue weighted by molar-refractivity contribution is 5.85. The van der Waals surface area contributed by atoms with Crippen LogP contribution in [-0.4, -0.2) is 45.6 Å². The molecule has 4 N–H and O–H groups in total. The predicted octanol–water partition coefficient (Wildman–Crippen LogP) is 11.6. The van der Waals surface area contributed by atoms with E-state index in [1.165, 1.54) is 187 Å². The molecule has 0 saturated heterocycles. The molecule has 0 atom stereocenters. The smallest absolute Gasteiger partial charge is 0.330 e. The van der Waals surface area contributed by atoms with Gasteiger partial charge in [0.05, 0.1) is 13.2 Å². The number of aliphatic hydroxyl groups is 2. The fourth-order valence-corrected chi connectivity index (χ4v) is 5.91. The van der Waals surface area contributed by atoms with E-state index >= 15 is 0 Å². The maximum Gasteiger partial charge on any atom is 0.330 e. The van der Waals surface area contributed by atoms with Gasteiger partial charge in [-0.25, -0.2) is 9.59 Å². The molecule has 0 radical (unpaired) electrons. The quantitative estimate of drug-likeness (QED) is 0.225. The van der Waals surface area contributed by atoms with Crippen LogP contribution in [0.3, 0.4) is 0 Å². The van der Waals surface area contributed by atoms with E-state index in [1.54, 1.807) is 0 Å². The molecule has 0 amide bonds. The van der Waals surface area contributed by atoms with Crippen molar-refractivity contribution in [2.75, 3.05) is 13.2 Å². The maximum absolute atomic E-state index is 9.60. The molecule has 0 bridgehead atoms. The zero-order chi connectivity index (χ0) is 34.7. The Morgan fingerprint density at radius 2 is 0.543 bits per heavy atom. The predicted molar refractivity (Wildman–Crippen MR) is 195 cm³/mol. The molecule has 3 aliphatic carbocycles. The average Bonchev–Trinajstić information content (AvgIpc) is 3.06. The molecule has 6 nitrogen and oxygen atoms in total. The van der Waals surface area contributed by atoms with Gasteiger partial charge in [-0.15, -0.1) is 0 Å². The van der Waals surface area contributed by atoms with E-state index in [-0.39, 0.29) is 29.8 Å². The fraction of sp³-hybridized carbons (Fsp3) is 0.850. The summed E-state index contributed by atoms with van der Waals surface area (Å²) in [5.41, 5.74) is 0.183. The summed E-state index contributed by atoms with van der Waals surface area (Å²) >= 11 is 0. The number of aliphatic hydroxyl groups excluding tert-OH is 2. The Kier molecular flexibility index (Phi) is 35.0. The highest BCUT2D eigenvalue weighted by Crippen LogP contribution is 2.32. The van der Waals surface area contributed by atoms with Crippen molar-refractivity contribution in [1.29, 1.82) is 0 Å². The van der Waals surface area contributed by atoms with E-state index in [0.29, 0.717) is 0 Å². The van der Waals surface area contributed by atoms with Gasteiger partial charge in [-0.3, -0.25) is 0 Å². The summed E-state index contributed by atoms with van der Waals surface area (Å²) < 4.78 is 0. The molecule has 0 aliphatic heterocycles. The van der Waals surface area contributed by atoms with Crippen LogP contribution in [0, 0.1) is 5.41 Å². The molecule has 3 saturated carbocycles. The van der Waals surface area contributed by atoms with Crippen molar-refractivity contribution in [2.24, 2.45) is 5.41 Å². The van der Waals surface area contributed by atoms with Crippen LogP contribution in [-0.2, 0) is 9.59 Å². The first-order valence-corrected chi connectivity index (χ1v) is 19.1. The van der Waals surface area contributed by atoms with Gasteiger partial charge in [0, 0.05) is 16.6 Å². The number of carboxylic acids is 2. The van der Waals surface area contributed by atoms with E-state index in [4.69, 9.17) is 10.2 Å². The lowest BCUT2D eigenvalue weighted by Gasteiger charge is -2.30. The molecule has 0 heterocycles. The molecular weight excluding hydrogens is 576 g/mol. The van der Waals surface area contributed by atoms with Crippen molar-refractivity contribution in [1.82, 2.24) is 0 Å². The van der Waals surface area contributed by atoms with Gasteiger partial charge in [-0.05, 0) is 26.7 Å². The number of hydrogen-bond donors (Lipinski definition) is 4. The summed E-state index contributed by atoms with van der Waals surface area (Å²) in [6.07, 6.45) is 40.9. The Morgan fingerprint density at radius 1 is 0.413 bits per heavy atom. The van der Waals surface area contributed by atoms with Crippen LogP contribution in [0.2, 0.25) is 0 Å². The minimum Gasteiger partial charge on any atom is -0.478 e. The minimum absolute atomic E-state index is 0.156. The molecular formula is C40H76O6. The third-order valence-electron chi connectivity index (χ3n) is 9.32. The Labute approximate surface area is 284 Å². The van der Waals surface area contributed by atoms with E-state index in [0.717, 1.165) is 12.8 Å². The second kappa shape index (κ2) is 34.7. The summed E-state index contributed by atoms with van der Waals surface area (Å²) in [5.74, 6) is -1.87. The van der Waals surface area contributed by atoms with Gasteiger partial charge in [0.25, 0.3) is 0 Å². The largest absolute Gasteiger partial charge is 0.478 e. The Morgan fingerprint density at radius 3 is 0.652 bits per heavy atom. The lowest BCUT2D eigenvalue weighted by atomic mass is 9.78. The second-order valence-corrected chi connectivity index (χ2v) is 14.0. The lowest BCUT2D eigenvalue weighted by molar-refractivity contribution is -0.133. The molecule has 0 aromatic heterocycles. The van der Waals surface area contributed by atoms with Gasteiger partial charge >= 0.3 is 11.9 Å². The standard InChI is InChI=1S/C12H24O2.2C10H20.2C4H6O2/c13-10-12(11-14)8-6-4-2-1-3-5-7-9-12;2*1-2-4-6-8-10-9-7-5-3-1;2*1-3(2)4(5)6/h13-14H,1-11H2;2*1-10H2;2*1H2,2H3,(H,5,6). The second-order valence-electron chi connectivity index (χ2n) is 14.0. The number of hydrogen-bond acceptors (Lipinski definition) is 4. The van der Waals surface area contributed by atoms with Gasteiger partial charge in [-0.2, -0.15) is 0 Å². The third-order valence-corrected chi connectivity index (χ3v) is 9.32. The van der Waals surface area contributed by atoms with Gasteiger partial charge in [0.15, 0.2) is 0 Å². The van der Waals surface area contributed by atoms with Crippen LogP contribution in [0.5, 0.6) is 0 Å². The first kappa shape index (κ1) is 46.5. The summed E-state index contributed by atoms with van der Waals surface area (Å²) in [6, 6.07) is 0. The molecule has 3 aliphatic rings. The molecule has 3 fully saturated rings. The fourth-order valence-electron chi connectivity index (χ4n) is 5.91.